The first-order chi connectivity index (χ1) is 5.77. The molecule has 1 aromatic rings. The van der Waals surface area contributed by atoms with Crippen LogP contribution in [0.5, 0.6) is 0 Å². The number of nitrogens with zero attached hydrogens (tertiary/aromatic N) is 1. The summed E-state index contributed by atoms with van der Waals surface area (Å²) in [6, 6.07) is 7.23. The van der Waals surface area contributed by atoms with E-state index in [1.807, 2.05) is 0 Å². The Labute approximate surface area is 69.2 Å². The molecule has 0 aromatic heterocycles. The summed E-state index contributed by atoms with van der Waals surface area (Å²) in [6.45, 7) is 0. The molecule has 0 aliphatic rings. The molecule has 1 aromatic carbocycles. The largest absolute Gasteiger partial charge is 0.302 e. The first kappa shape index (κ1) is 8.41. The van der Waals surface area contributed by atoms with Gasteiger partial charge in [-0.05, 0) is 17.7 Å². The summed E-state index contributed by atoms with van der Waals surface area (Å²) in [5, 5.41) is 8.47. The van der Waals surface area contributed by atoms with Crippen molar-refractivity contribution in [3.63, 3.8) is 0 Å². The molecule has 3 heteroatoms. The highest BCUT2D eigenvalue weighted by Crippen LogP contribution is 2.13. The number of rotatable bonds is 2. The molecule has 1 rings (SSSR count). The molecule has 2 nitrogen and oxygen atoms in total. The van der Waals surface area contributed by atoms with Gasteiger partial charge >= 0.3 is 0 Å². The molecule has 1 unspecified atom stereocenters. The van der Waals surface area contributed by atoms with Gasteiger partial charge in [0.15, 0.2) is 0 Å². The predicted octanol–water partition coefficient (Wildman–Crippen LogP) is 1.63. The van der Waals surface area contributed by atoms with E-state index in [2.05, 4.69) is 0 Å². The van der Waals surface area contributed by atoms with Crippen LogP contribution in [0, 0.1) is 17.1 Å². The van der Waals surface area contributed by atoms with Gasteiger partial charge in [-0.15, -0.1) is 0 Å². The molecular weight excluding hydrogens is 157 g/mol. The zero-order valence-electron chi connectivity index (χ0n) is 6.20. The highest BCUT2D eigenvalue weighted by atomic mass is 19.1. The lowest BCUT2D eigenvalue weighted by Gasteiger charge is -1.99. The third-order valence-corrected chi connectivity index (χ3v) is 1.48. The standard InChI is InChI=1S/C9H6FNO/c10-9-3-1-2-7(4-9)8(5-11)6-12/h1-4,6,8H. The van der Waals surface area contributed by atoms with Crippen LogP contribution in [-0.2, 0) is 4.79 Å². The van der Waals surface area contributed by atoms with Gasteiger partial charge in [-0.25, -0.2) is 4.39 Å². The first-order valence-electron chi connectivity index (χ1n) is 3.38. The maximum atomic E-state index is 12.6. The van der Waals surface area contributed by atoms with Crippen molar-refractivity contribution in [1.29, 1.82) is 5.26 Å². The van der Waals surface area contributed by atoms with Crippen LogP contribution in [0.3, 0.4) is 0 Å². The summed E-state index contributed by atoms with van der Waals surface area (Å²) >= 11 is 0. The molecule has 0 saturated heterocycles. The summed E-state index contributed by atoms with van der Waals surface area (Å²) in [5.41, 5.74) is 0.396. The van der Waals surface area contributed by atoms with E-state index >= 15 is 0 Å². The van der Waals surface area contributed by atoms with Gasteiger partial charge in [0.25, 0.3) is 0 Å². The van der Waals surface area contributed by atoms with Crippen LogP contribution >= 0.6 is 0 Å². The molecule has 0 bridgehead atoms. The zero-order valence-corrected chi connectivity index (χ0v) is 6.20. The van der Waals surface area contributed by atoms with Gasteiger partial charge in [-0.1, -0.05) is 12.1 Å². The summed E-state index contributed by atoms with van der Waals surface area (Å²) in [4.78, 5) is 10.3. The van der Waals surface area contributed by atoms with Crippen molar-refractivity contribution in [3.05, 3.63) is 35.6 Å². The molecule has 0 spiro atoms. The minimum atomic E-state index is -0.860. The summed E-state index contributed by atoms with van der Waals surface area (Å²) < 4.78 is 12.6. The van der Waals surface area contributed by atoms with Gasteiger partial charge in [0.05, 0.1) is 6.07 Å². The van der Waals surface area contributed by atoms with Crippen LogP contribution in [0.1, 0.15) is 11.5 Å². The van der Waals surface area contributed by atoms with Crippen molar-refractivity contribution < 1.29 is 9.18 Å². The molecule has 60 valence electrons. The molecule has 0 aliphatic carbocycles. The van der Waals surface area contributed by atoms with Crippen LogP contribution in [0.25, 0.3) is 0 Å². The fourth-order valence-electron chi connectivity index (χ4n) is 0.884. The second-order valence-electron chi connectivity index (χ2n) is 2.30. The first-order valence-corrected chi connectivity index (χ1v) is 3.38. The monoisotopic (exact) mass is 163 g/mol. The quantitative estimate of drug-likeness (QED) is 0.622. The van der Waals surface area contributed by atoms with Crippen LogP contribution in [0.4, 0.5) is 4.39 Å². The molecule has 12 heavy (non-hydrogen) atoms. The van der Waals surface area contributed by atoms with E-state index in [0.717, 1.165) is 0 Å². The number of nitriles is 1. The predicted molar refractivity (Wildman–Crippen MR) is 40.8 cm³/mol. The lowest BCUT2D eigenvalue weighted by atomic mass is 10.0. The Morgan fingerprint density at radius 2 is 2.33 bits per heavy atom. The van der Waals surface area contributed by atoms with Crippen molar-refractivity contribution in [2.45, 2.75) is 5.92 Å². The molecule has 0 radical (unpaired) electrons. The van der Waals surface area contributed by atoms with Gasteiger partial charge in [-0.2, -0.15) is 5.26 Å². The van der Waals surface area contributed by atoms with Crippen molar-refractivity contribution in [2.75, 3.05) is 0 Å². The third kappa shape index (κ3) is 1.67. The van der Waals surface area contributed by atoms with Crippen LogP contribution in [-0.4, -0.2) is 6.29 Å². The Morgan fingerprint density at radius 3 is 2.83 bits per heavy atom. The molecule has 0 amide bonds. The van der Waals surface area contributed by atoms with E-state index in [9.17, 15) is 9.18 Å². The molecule has 0 N–H and O–H groups in total. The molecule has 0 saturated carbocycles. The van der Waals surface area contributed by atoms with Crippen molar-refractivity contribution >= 4 is 6.29 Å². The normalized spacial score (nSPS) is 11.7. The maximum Gasteiger partial charge on any atom is 0.141 e. The lowest BCUT2D eigenvalue weighted by Crippen LogP contribution is -1.96. The summed E-state index contributed by atoms with van der Waals surface area (Å²) in [5.74, 6) is -1.30. The number of halogens is 1. The average molecular weight is 163 g/mol. The Bertz CT molecular complexity index is 330. The topological polar surface area (TPSA) is 40.9 Å². The van der Waals surface area contributed by atoms with Gasteiger partial charge in [0.1, 0.15) is 18.0 Å². The minimum absolute atomic E-state index is 0.396. The maximum absolute atomic E-state index is 12.6. The fourth-order valence-corrected chi connectivity index (χ4v) is 0.884. The number of aldehydes is 1. The van der Waals surface area contributed by atoms with Crippen molar-refractivity contribution in [2.24, 2.45) is 0 Å². The second-order valence-corrected chi connectivity index (χ2v) is 2.30. The van der Waals surface area contributed by atoms with Gasteiger partial charge in [0, 0.05) is 0 Å². The lowest BCUT2D eigenvalue weighted by molar-refractivity contribution is -0.108. The van der Waals surface area contributed by atoms with Crippen LogP contribution in [0.15, 0.2) is 24.3 Å². The van der Waals surface area contributed by atoms with Gasteiger partial charge in [0.2, 0.25) is 0 Å². The summed E-state index contributed by atoms with van der Waals surface area (Å²) in [7, 11) is 0. The highest BCUT2D eigenvalue weighted by Gasteiger charge is 2.08. The third-order valence-electron chi connectivity index (χ3n) is 1.48. The number of carbonyl (C=O) groups excluding carboxylic acids is 1. The van der Waals surface area contributed by atoms with Gasteiger partial charge in [-0.3, -0.25) is 0 Å². The van der Waals surface area contributed by atoms with E-state index in [4.69, 9.17) is 5.26 Å². The SMILES string of the molecule is N#CC(C=O)c1cccc(F)c1. The number of benzene rings is 1. The zero-order chi connectivity index (χ0) is 8.97. The van der Waals surface area contributed by atoms with Crippen molar-refractivity contribution in [3.8, 4) is 6.07 Å². The second kappa shape index (κ2) is 3.63. The Morgan fingerprint density at radius 1 is 1.58 bits per heavy atom. The number of carbonyl (C=O) groups is 1. The van der Waals surface area contributed by atoms with Crippen molar-refractivity contribution in [1.82, 2.24) is 0 Å². The van der Waals surface area contributed by atoms with E-state index in [0.29, 0.717) is 11.8 Å². The van der Waals surface area contributed by atoms with E-state index in [-0.39, 0.29) is 0 Å². The van der Waals surface area contributed by atoms with Crippen LogP contribution in [0.2, 0.25) is 0 Å². The molecule has 1 atom stereocenters. The fraction of sp³-hybridized carbons (Fsp3) is 0.111. The number of hydrogen-bond donors (Lipinski definition) is 0. The average Bonchev–Trinajstić information content (AvgIpc) is 2.07. The molecular formula is C9H6FNO. The van der Waals surface area contributed by atoms with Gasteiger partial charge < -0.3 is 4.79 Å². The summed E-state index contributed by atoms with van der Waals surface area (Å²) in [6.07, 6.45) is 0.495. The highest BCUT2D eigenvalue weighted by molar-refractivity contribution is 5.66. The number of hydrogen-bond acceptors (Lipinski definition) is 2. The Kier molecular flexibility index (Phi) is 2.54. The Balaban J connectivity index is 3.03. The minimum Gasteiger partial charge on any atom is -0.302 e. The van der Waals surface area contributed by atoms with Crippen LogP contribution < -0.4 is 0 Å². The smallest absolute Gasteiger partial charge is 0.141 e. The van der Waals surface area contributed by atoms with E-state index in [1.54, 1.807) is 12.1 Å². The van der Waals surface area contributed by atoms with E-state index in [1.165, 1.54) is 18.2 Å². The molecule has 0 fully saturated rings. The molecule has 0 aliphatic heterocycles. The van der Waals surface area contributed by atoms with E-state index < -0.39 is 11.7 Å². The molecule has 0 heterocycles. The Hall–Kier alpha value is -1.69.